The van der Waals surface area contributed by atoms with Crippen molar-refractivity contribution in [2.45, 2.75) is 26.0 Å². The van der Waals surface area contributed by atoms with E-state index in [0.717, 1.165) is 11.3 Å². The number of benzene rings is 2. The van der Waals surface area contributed by atoms with Crippen molar-refractivity contribution in [2.24, 2.45) is 5.92 Å². The summed E-state index contributed by atoms with van der Waals surface area (Å²) in [4.78, 5) is 18.4. The minimum absolute atomic E-state index is 0.171. The number of rotatable bonds is 4. The number of nitrogens with zero attached hydrogens (tertiary/aromatic N) is 1. The summed E-state index contributed by atoms with van der Waals surface area (Å²) in [6, 6.07) is 16.9. The Bertz CT molecular complexity index is 705. The summed E-state index contributed by atoms with van der Waals surface area (Å²) in [5.74, 6) is -0.708. The van der Waals surface area contributed by atoms with Crippen molar-refractivity contribution in [1.82, 2.24) is 0 Å². The molecule has 1 aliphatic heterocycles. The number of hydroxylamine groups is 1. The van der Waals surface area contributed by atoms with Crippen LogP contribution in [0.15, 0.2) is 54.6 Å². The number of para-hydroxylation sites is 1. The third-order valence-electron chi connectivity index (χ3n) is 3.92. The quantitative estimate of drug-likeness (QED) is 0.770. The van der Waals surface area contributed by atoms with Gasteiger partial charge in [-0.25, -0.2) is 5.06 Å². The Hall–Kier alpha value is -2.04. The molecule has 3 rings (SSSR count). The molecule has 0 saturated carbocycles. The number of anilines is 1. The van der Waals surface area contributed by atoms with Crippen molar-refractivity contribution in [3.05, 3.63) is 65.2 Å². The van der Waals surface area contributed by atoms with Crippen LogP contribution in [0.3, 0.4) is 0 Å². The highest BCUT2D eigenvalue weighted by molar-refractivity contribution is 6.31. The molecule has 0 amide bonds. The molecule has 1 fully saturated rings. The van der Waals surface area contributed by atoms with E-state index in [1.807, 2.05) is 68.4 Å². The summed E-state index contributed by atoms with van der Waals surface area (Å²) in [5.41, 5.74) is 1.73. The smallest absolute Gasteiger partial charge is 0.314 e. The molecule has 2 atom stereocenters. The minimum atomic E-state index is -0.437. The summed E-state index contributed by atoms with van der Waals surface area (Å²) < 4.78 is 5.42. The maximum Gasteiger partial charge on any atom is 0.314 e. The first-order valence-electron chi connectivity index (χ1n) is 8.00. The van der Waals surface area contributed by atoms with Gasteiger partial charge in [-0.1, -0.05) is 48.0 Å². The van der Waals surface area contributed by atoms with Gasteiger partial charge >= 0.3 is 5.97 Å². The molecule has 0 spiro atoms. The zero-order chi connectivity index (χ0) is 17.1. The molecule has 0 N–H and O–H groups in total. The standard InChI is InChI=1S/C19H20ClNO3/c1-13(2)24-19(22)16-12-23-21(14-8-4-3-5-9-14)18(16)15-10-6-7-11-17(15)20/h3-11,13,16,18H,12H2,1-2H3/t16-,18+/m1/s1. The SMILES string of the molecule is CC(C)OC(=O)[C@@H]1CON(c2ccccc2)[C@H]1c1ccccc1Cl. The first-order chi connectivity index (χ1) is 11.6. The first-order valence-corrected chi connectivity index (χ1v) is 8.38. The Morgan fingerprint density at radius 3 is 2.50 bits per heavy atom. The lowest BCUT2D eigenvalue weighted by Gasteiger charge is -2.28. The monoisotopic (exact) mass is 345 g/mol. The summed E-state index contributed by atoms with van der Waals surface area (Å²) >= 11 is 6.40. The summed E-state index contributed by atoms with van der Waals surface area (Å²) in [5, 5.41) is 2.37. The molecule has 1 heterocycles. The summed E-state index contributed by atoms with van der Waals surface area (Å²) in [6.45, 7) is 3.94. The maximum absolute atomic E-state index is 12.6. The van der Waals surface area contributed by atoms with Gasteiger partial charge in [0.1, 0.15) is 5.92 Å². The van der Waals surface area contributed by atoms with E-state index >= 15 is 0 Å². The van der Waals surface area contributed by atoms with E-state index in [4.69, 9.17) is 21.2 Å². The summed E-state index contributed by atoms with van der Waals surface area (Å²) in [6.07, 6.45) is -0.171. The van der Waals surface area contributed by atoms with Crippen LogP contribution in [-0.4, -0.2) is 18.7 Å². The lowest BCUT2D eigenvalue weighted by atomic mass is 9.93. The number of carbonyl (C=O) groups excluding carboxylic acids is 1. The van der Waals surface area contributed by atoms with Crippen LogP contribution in [0.5, 0.6) is 0 Å². The number of hydrogen-bond donors (Lipinski definition) is 0. The number of halogens is 1. The van der Waals surface area contributed by atoms with Gasteiger partial charge in [0.25, 0.3) is 0 Å². The van der Waals surface area contributed by atoms with Gasteiger partial charge in [0, 0.05) is 5.02 Å². The van der Waals surface area contributed by atoms with Gasteiger partial charge in [0.05, 0.1) is 24.4 Å². The largest absolute Gasteiger partial charge is 0.463 e. The van der Waals surface area contributed by atoms with Crippen molar-refractivity contribution in [2.75, 3.05) is 11.7 Å². The molecule has 0 aliphatic carbocycles. The Morgan fingerprint density at radius 1 is 1.17 bits per heavy atom. The molecule has 0 radical (unpaired) electrons. The molecule has 2 aromatic carbocycles. The molecular weight excluding hydrogens is 326 g/mol. The Labute approximate surface area is 146 Å². The Morgan fingerprint density at radius 2 is 1.83 bits per heavy atom. The van der Waals surface area contributed by atoms with Gasteiger partial charge in [-0.3, -0.25) is 9.63 Å². The Kier molecular flexibility index (Phi) is 5.07. The summed E-state index contributed by atoms with van der Waals surface area (Å²) in [7, 11) is 0. The van der Waals surface area contributed by atoms with Crippen molar-refractivity contribution in [3.63, 3.8) is 0 Å². The molecule has 126 valence electrons. The predicted molar refractivity (Wildman–Crippen MR) is 93.8 cm³/mol. The average molecular weight is 346 g/mol. The van der Waals surface area contributed by atoms with Crippen molar-refractivity contribution >= 4 is 23.3 Å². The molecule has 2 aromatic rings. The van der Waals surface area contributed by atoms with Gasteiger partial charge < -0.3 is 4.74 Å². The van der Waals surface area contributed by atoms with Gasteiger partial charge in [0.2, 0.25) is 0 Å². The molecule has 1 aliphatic rings. The molecule has 0 aromatic heterocycles. The second-order valence-electron chi connectivity index (χ2n) is 6.02. The number of esters is 1. The lowest BCUT2D eigenvalue weighted by molar-refractivity contribution is -0.152. The van der Waals surface area contributed by atoms with E-state index in [2.05, 4.69) is 0 Å². The highest BCUT2D eigenvalue weighted by Gasteiger charge is 2.43. The fourth-order valence-corrected chi connectivity index (χ4v) is 3.13. The van der Waals surface area contributed by atoms with Crippen LogP contribution in [0.1, 0.15) is 25.5 Å². The lowest BCUT2D eigenvalue weighted by Crippen LogP contribution is -2.30. The van der Waals surface area contributed by atoms with E-state index in [1.165, 1.54) is 0 Å². The fourth-order valence-electron chi connectivity index (χ4n) is 2.88. The predicted octanol–water partition coefficient (Wildman–Crippen LogP) is 4.40. The average Bonchev–Trinajstić information content (AvgIpc) is 3.00. The Balaban J connectivity index is 1.99. The van der Waals surface area contributed by atoms with Crippen molar-refractivity contribution in [1.29, 1.82) is 0 Å². The zero-order valence-corrected chi connectivity index (χ0v) is 14.4. The van der Waals surface area contributed by atoms with Gasteiger partial charge in [-0.2, -0.15) is 0 Å². The van der Waals surface area contributed by atoms with E-state index in [1.54, 1.807) is 5.06 Å². The highest BCUT2D eigenvalue weighted by Crippen LogP contribution is 2.41. The third kappa shape index (κ3) is 3.40. The van der Waals surface area contributed by atoms with E-state index < -0.39 is 5.92 Å². The van der Waals surface area contributed by atoms with E-state index in [-0.39, 0.29) is 24.7 Å². The van der Waals surface area contributed by atoms with Crippen molar-refractivity contribution in [3.8, 4) is 0 Å². The third-order valence-corrected chi connectivity index (χ3v) is 4.26. The van der Waals surface area contributed by atoms with Crippen molar-refractivity contribution < 1.29 is 14.4 Å². The van der Waals surface area contributed by atoms with Crippen LogP contribution in [0, 0.1) is 5.92 Å². The van der Waals surface area contributed by atoms with Crippen LogP contribution in [0.25, 0.3) is 0 Å². The molecule has 1 saturated heterocycles. The maximum atomic E-state index is 12.6. The van der Waals surface area contributed by atoms with E-state index in [9.17, 15) is 4.79 Å². The molecule has 4 nitrogen and oxygen atoms in total. The topological polar surface area (TPSA) is 38.8 Å². The molecule has 0 bridgehead atoms. The number of carbonyl (C=O) groups is 1. The van der Waals surface area contributed by atoms with Crippen LogP contribution >= 0.6 is 11.6 Å². The van der Waals surface area contributed by atoms with E-state index in [0.29, 0.717) is 5.02 Å². The van der Waals surface area contributed by atoms with Crippen LogP contribution in [-0.2, 0) is 14.4 Å². The molecule has 0 unspecified atom stereocenters. The van der Waals surface area contributed by atoms with Crippen LogP contribution in [0.2, 0.25) is 5.02 Å². The van der Waals surface area contributed by atoms with Gasteiger partial charge in [-0.05, 0) is 37.6 Å². The fraction of sp³-hybridized carbons (Fsp3) is 0.316. The first kappa shape index (κ1) is 16.8. The highest BCUT2D eigenvalue weighted by atomic mass is 35.5. The molecule has 5 heteroatoms. The minimum Gasteiger partial charge on any atom is -0.463 e. The van der Waals surface area contributed by atoms with Crippen LogP contribution in [0.4, 0.5) is 5.69 Å². The second kappa shape index (κ2) is 7.24. The molecular formula is C19H20ClNO3. The normalized spacial score (nSPS) is 20.4. The second-order valence-corrected chi connectivity index (χ2v) is 6.42. The van der Waals surface area contributed by atoms with Gasteiger partial charge in [-0.15, -0.1) is 0 Å². The van der Waals surface area contributed by atoms with Gasteiger partial charge in [0.15, 0.2) is 0 Å². The zero-order valence-electron chi connectivity index (χ0n) is 13.7. The number of hydrogen-bond acceptors (Lipinski definition) is 4. The number of ether oxygens (including phenoxy) is 1. The van der Waals surface area contributed by atoms with Crippen LogP contribution < -0.4 is 5.06 Å². The molecule has 24 heavy (non-hydrogen) atoms.